The molecule has 1 atom stereocenters. The van der Waals surface area contributed by atoms with Crippen LogP contribution < -0.4 is 9.62 Å². The fourth-order valence-electron chi connectivity index (χ4n) is 3.72. The number of hydrogen-bond donors (Lipinski definition) is 1. The molecule has 0 aliphatic carbocycles. The minimum absolute atomic E-state index is 0.0184. The van der Waals surface area contributed by atoms with Crippen molar-refractivity contribution in [3.63, 3.8) is 0 Å². The van der Waals surface area contributed by atoms with E-state index in [1.807, 2.05) is 13.8 Å². The van der Waals surface area contributed by atoms with E-state index in [0.29, 0.717) is 16.3 Å². The van der Waals surface area contributed by atoms with Gasteiger partial charge in [0.2, 0.25) is 11.8 Å². The molecule has 3 aromatic rings. The molecule has 0 heterocycles. The number of amides is 2. The maximum absolute atomic E-state index is 13.7. The van der Waals surface area contributed by atoms with E-state index in [2.05, 4.69) is 5.32 Å². The predicted molar refractivity (Wildman–Crippen MR) is 142 cm³/mol. The fourth-order valence-corrected chi connectivity index (χ4v) is 5.25. The molecule has 0 saturated heterocycles. The second kappa shape index (κ2) is 11.7. The van der Waals surface area contributed by atoms with Gasteiger partial charge in [-0.25, -0.2) is 12.8 Å². The van der Waals surface area contributed by atoms with Crippen LogP contribution in [0, 0.1) is 19.7 Å². The number of aryl methyl sites for hydroxylation is 2. The zero-order valence-corrected chi connectivity index (χ0v) is 22.6. The molecule has 2 amide bonds. The van der Waals surface area contributed by atoms with Crippen LogP contribution in [0.4, 0.5) is 10.1 Å². The van der Waals surface area contributed by atoms with Crippen LogP contribution in [0.15, 0.2) is 71.6 Å². The SMILES string of the molecule is CNC(=O)[C@@H](C)N(Cc1ccc(F)cc1)C(=O)CN(c1ccc(C)c(C)c1)S(=O)(=O)c1ccc(Cl)cc1. The number of carbonyl (C=O) groups excluding carboxylic acids is 2. The Balaban J connectivity index is 2.05. The molecule has 196 valence electrons. The molecular formula is C27H29ClFN3O4S. The van der Waals surface area contributed by atoms with Crippen molar-refractivity contribution in [1.82, 2.24) is 10.2 Å². The van der Waals surface area contributed by atoms with Gasteiger partial charge in [-0.2, -0.15) is 0 Å². The molecular weight excluding hydrogens is 517 g/mol. The van der Waals surface area contributed by atoms with Crippen molar-refractivity contribution < 1.29 is 22.4 Å². The number of nitrogens with zero attached hydrogens (tertiary/aromatic N) is 2. The Morgan fingerprint density at radius 3 is 2.16 bits per heavy atom. The maximum atomic E-state index is 13.7. The Bertz CT molecular complexity index is 1380. The Morgan fingerprint density at radius 1 is 0.973 bits per heavy atom. The van der Waals surface area contributed by atoms with Crippen molar-refractivity contribution in [2.24, 2.45) is 0 Å². The summed E-state index contributed by atoms with van der Waals surface area (Å²) in [6.45, 7) is 4.72. The molecule has 3 rings (SSSR count). The van der Waals surface area contributed by atoms with Gasteiger partial charge in [0, 0.05) is 18.6 Å². The highest BCUT2D eigenvalue weighted by Crippen LogP contribution is 2.27. The lowest BCUT2D eigenvalue weighted by Gasteiger charge is -2.32. The van der Waals surface area contributed by atoms with Crippen molar-refractivity contribution in [1.29, 1.82) is 0 Å². The van der Waals surface area contributed by atoms with Crippen LogP contribution in [0.2, 0.25) is 5.02 Å². The molecule has 0 fully saturated rings. The van der Waals surface area contributed by atoms with Gasteiger partial charge in [0.05, 0.1) is 10.6 Å². The van der Waals surface area contributed by atoms with E-state index in [9.17, 15) is 22.4 Å². The van der Waals surface area contributed by atoms with E-state index >= 15 is 0 Å². The molecule has 0 spiro atoms. The first-order valence-corrected chi connectivity index (χ1v) is 13.4. The first kappa shape index (κ1) is 28.1. The van der Waals surface area contributed by atoms with Gasteiger partial charge in [-0.1, -0.05) is 29.8 Å². The largest absolute Gasteiger partial charge is 0.357 e. The molecule has 1 N–H and O–H groups in total. The lowest BCUT2D eigenvalue weighted by atomic mass is 10.1. The maximum Gasteiger partial charge on any atom is 0.264 e. The van der Waals surface area contributed by atoms with E-state index in [1.165, 1.54) is 60.5 Å². The van der Waals surface area contributed by atoms with E-state index in [1.54, 1.807) is 25.1 Å². The van der Waals surface area contributed by atoms with Crippen molar-refractivity contribution in [3.8, 4) is 0 Å². The highest BCUT2D eigenvalue weighted by Gasteiger charge is 2.32. The van der Waals surface area contributed by atoms with Crippen LogP contribution in [0.25, 0.3) is 0 Å². The van der Waals surface area contributed by atoms with Gasteiger partial charge < -0.3 is 10.2 Å². The Labute approximate surface area is 221 Å². The Kier molecular flexibility index (Phi) is 8.94. The van der Waals surface area contributed by atoms with E-state index in [0.717, 1.165) is 15.4 Å². The summed E-state index contributed by atoms with van der Waals surface area (Å²) in [5, 5.41) is 2.89. The van der Waals surface area contributed by atoms with Crippen LogP contribution in [0.3, 0.4) is 0 Å². The molecule has 7 nitrogen and oxygen atoms in total. The zero-order chi connectivity index (χ0) is 27.3. The first-order chi connectivity index (χ1) is 17.4. The lowest BCUT2D eigenvalue weighted by Crippen LogP contribution is -2.50. The van der Waals surface area contributed by atoms with Crippen molar-refractivity contribution in [3.05, 3.63) is 94.3 Å². The van der Waals surface area contributed by atoms with Crippen molar-refractivity contribution in [2.45, 2.75) is 38.3 Å². The molecule has 37 heavy (non-hydrogen) atoms. The average Bonchev–Trinajstić information content (AvgIpc) is 2.87. The second-order valence-electron chi connectivity index (χ2n) is 8.67. The third-order valence-corrected chi connectivity index (χ3v) is 8.18. The molecule has 3 aromatic carbocycles. The molecule has 0 radical (unpaired) electrons. The van der Waals surface area contributed by atoms with Gasteiger partial charge in [0.25, 0.3) is 10.0 Å². The minimum atomic E-state index is -4.18. The lowest BCUT2D eigenvalue weighted by molar-refractivity contribution is -0.139. The Hall–Kier alpha value is -3.43. The molecule has 0 aliphatic heterocycles. The molecule has 0 aromatic heterocycles. The normalized spacial score (nSPS) is 12.1. The van der Waals surface area contributed by atoms with Gasteiger partial charge in [-0.3, -0.25) is 13.9 Å². The Morgan fingerprint density at radius 2 is 1.59 bits per heavy atom. The zero-order valence-electron chi connectivity index (χ0n) is 21.0. The average molecular weight is 546 g/mol. The van der Waals surface area contributed by atoms with Gasteiger partial charge in [-0.15, -0.1) is 0 Å². The fraction of sp³-hybridized carbons (Fsp3) is 0.259. The third-order valence-electron chi connectivity index (χ3n) is 6.14. The van der Waals surface area contributed by atoms with Gasteiger partial charge in [0.15, 0.2) is 0 Å². The standard InChI is InChI=1S/C27H29ClFN3O4S/c1-18-5-12-24(15-19(18)2)32(37(35,36)25-13-8-22(28)9-14-25)17-26(33)31(20(3)27(34)30-4)16-21-6-10-23(29)11-7-21/h5-15,20H,16-17H2,1-4H3,(H,30,34)/t20-/m1/s1. The molecule has 0 aliphatic rings. The number of rotatable bonds is 9. The van der Waals surface area contributed by atoms with Crippen LogP contribution in [0.1, 0.15) is 23.6 Å². The number of likely N-dealkylation sites (N-methyl/N-ethyl adjacent to an activating group) is 1. The smallest absolute Gasteiger partial charge is 0.264 e. The summed E-state index contributed by atoms with van der Waals surface area (Å²) in [5.41, 5.74) is 2.71. The highest BCUT2D eigenvalue weighted by molar-refractivity contribution is 7.92. The summed E-state index contributed by atoms with van der Waals surface area (Å²) in [7, 11) is -2.73. The van der Waals surface area contributed by atoms with Crippen LogP contribution >= 0.6 is 11.6 Å². The number of sulfonamides is 1. The molecule has 0 saturated carbocycles. The summed E-state index contributed by atoms with van der Waals surface area (Å²) >= 11 is 5.96. The van der Waals surface area contributed by atoms with Crippen molar-refractivity contribution in [2.75, 3.05) is 17.9 Å². The summed E-state index contributed by atoms with van der Waals surface area (Å²) in [4.78, 5) is 27.4. The van der Waals surface area contributed by atoms with Crippen LogP contribution in [-0.4, -0.2) is 44.8 Å². The topological polar surface area (TPSA) is 86.8 Å². The highest BCUT2D eigenvalue weighted by atomic mass is 35.5. The van der Waals surface area contributed by atoms with E-state index in [4.69, 9.17) is 11.6 Å². The first-order valence-electron chi connectivity index (χ1n) is 11.5. The number of nitrogens with one attached hydrogen (secondary N) is 1. The van der Waals surface area contributed by atoms with Gasteiger partial charge >= 0.3 is 0 Å². The molecule has 0 unspecified atom stereocenters. The number of benzene rings is 3. The quantitative estimate of drug-likeness (QED) is 0.430. The number of anilines is 1. The predicted octanol–water partition coefficient (Wildman–Crippen LogP) is 4.45. The number of hydrogen-bond acceptors (Lipinski definition) is 4. The van der Waals surface area contributed by atoms with E-state index in [-0.39, 0.29) is 11.4 Å². The molecule has 0 bridgehead atoms. The van der Waals surface area contributed by atoms with Gasteiger partial charge in [-0.05, 0) is 86.0 Å². The monoisotopic (exact) mass is 545 g/mol. The van der Waals surface area contributed by atoms with Crippen LogP contribution in [0.5, 0.6) is 0 Å². The number of halogens is 2. The summed E-state index contributed by atoms with van der Waals surface area (Å²) in [6.07, 6.45) is 0. The van der Waals surface area contributed by atoms with Crippen molar-refractivity contribution >= 4 is 39.1 Å². The van der Waals surface area contributed by atoms with E-state index < -0.39 is 40.2 Å². The third kappa shape index (κ3) is 6.67. The number of carbonyl (C=O) groups is 2. The summed E-state index contributed by atoms with van der Waals surface area (Å²) < 4.78 is 42.0. The summed E-state index contributed by atoms with van der Waals surface area (Å²) in [6, 6.07) is 15.4. The van der Waals surface area contributed by atoms with Crippen LogP contribution in [-0.2, 0) is 26.2 Å². The second-order valence-corrected chi connectivity index (χ2v) is 11.0. The molecule has 10 heteroatoms. The van der Waals surface area contributed by atoms with Gasteiger partial charge in [0.1, 0.15) is 18.4 Å². The minimum Gasteiger partial charge on any atom is -0.357 e. The summed E-state index contributed by atoms with van der Waals surface area (Å²) in [5.74, 6) is -1.46.